The summed E-state index contributed by atoms with van der Waals surface area (Å²) >= 11 is 4.99. The molecule has 0 aliphatic heterocycles. The number of thiophene rings is 1. The van der Waals surface area contributed by atoms with Gasteiger partial charge in [-0.05, 0) is 29.6 Å². The van der Waals surface area contributed by atoms with Crippen molar-refractivity contribution in [2.75, 3.05) is 18.5 Å². The highest BCUT2D eigenvalue weighted by atomic mass is 79.9. The summed E-state index contributed by atoms with van der Waals surface area (Å²) in [6.07, 6.45) is -0.538. The second-order valence-electron chi connectivity index (χ2n) is 3.82. The van der Waals surface area contributed by atoms with Gasteiger partial charge in [0.15, 0.2) is 0 Å². The Morgan fingerprint density at radius 1 is 1.39 bits per heavy atom. The van der Waals surface area contributed by atoms with Crippen LogP contribution in [0.5, 0.6) is 5.75 Å². The van der Waals surface area contributed by atoms with Crippen molar-refractivity contribution >= 4 is 33.0 Å². The van der Waals surface area contributed by atoms with E-state index in [4.69, 9.17) is 4.74 Å². The van der Waals surface area contributed by atoms with Crippen LogP contribution in [-0.4, -0.2) is 24.4 Å². The molecule has 2 N–H and O–H groups in total. The molecule has 1 heterocycles. The molecule has 2 rings (SSSR count). The first-order chi connectivity index (χ1) is 8.74. The van der Waals surface area contributed by atoms with E-state index in [-0.39, 0.29) is 6.61 Å². The Hall–Kier alpha value is -1.04. The molecule has 0 saturated carbocycles. The van der Waals surface area contributed by atoms with Gasteiger partial charge in [0.2, 0.25) is 0 Å². The Morgan fingerprint density at radius 3 is 3.00 bits per heavy atom. The molecule has 0 bridgehead atoms. The van der Waals surface area contributed by atoms with Crippen molar-refractivity contribution < 1.29 is 9.84 Å². The van der Waals surface area contributed by atoms with Crippen molar-refractivity contribution in [3.63, 3.8) is 0 Å². The highest BCUT2D eigenvalue weighted by molar-refractivity contribution is 9.10. The smallest absolute Gasteiger partial charge is 0.120 e. The van der Waals surface area contributed by atoms with Crippen molar-refractivity contribution in [3.05, 3.63) is 45.6 Å². The molecular formula is C13H14BrNO2S. The Bertz CT molecular complexity index is 476. The predicted octanol–water partition coefficient (Wildman–Crippen LogP) is 3.36. The Balaban J connectivity index is 1.73. The SMILES string of the molecule is OC(CNc1ccsc1)COc1cccc(Br)c1. The summed E-state index contributed by atoms with van der Waals surface area (Å²) in [5.41, 5.74) is 1.03. The van der Waals surface area contributed by atoms with Gasteiger partial charge in [0.1, 0.15) is 18.5 Å². The molecule has 0 aliphatic carbocycles. The average Bonchev–Trinajstić information content (AvgIpc) is 2.87. The fraction of sp³-hybridized carbons (Fsp3) is 0.231. The van der Waals surface area contributed by atoms with Crippen molar-refractivity contribution in [2.45, 2.75) is 6.10 Å². The molecule has 5 heteroatoms. The Kier molecular flexibility index (Phi) is 5.04. The van der Waals surface area contributed by atoms with Gasteiger partial charge < -0.3 is 15.2 Å². The van der Waals surface area contributed by atoms with E-state index in [1.165, 1.54) is 0 Å². The molecule has 0 aliphatic rings. The zero-order valence-corrected chi connectivity index (χ0v) is 12.1. The van der Waals surface area contributed by atoms with Crippen LogP contribution in [0.25, 0.3) is 0 Å². The Morgan fingerprint density at radius 2 is 2.28 bits per heavy atom. The second-order valence-corrected chi connectivity index (χ2v) is 5.51. The largest absolute Gasteiger partial charge is 0.491 e. The van der Waals surface area contributed by atoms with Gasteiger partial charge >= 0.3 is 0 Å². The van der Waals surface area contributed by atoms with E-state index in [2.05, 4.69) is 21.2 Å². The highest BCUT2D eigenvalue weighted by Crippen LogP contribution is 2.18. The van der Waals surface area contributed by atoms with E-state index in [1.807, 2.05) is 41.1 Å². The Labute approximate surface area is 119 Å². The van der Waals surface area contributed by atoms with Gasteiger partial charge in [-0.3, -0.25) is 0 Å². The number of rotatable bonds is 6. The summed E-state index contributed by atoms with van der Waals surface area (Å²) in [6.45, 7) is 0.748. The molecule has 1 atom stereocenters. The standard InChI is InChI=1S/C13H14BrNO2S/c14-10-2-1-3-13(6-10)17-8-12(16)7-15-11-4-5-18-9-11/h1-6,9,12,15-16H,7-8H2. The zero-order chi connectivity index (χ0) is 12.8. The molecule has 18 heavy (non-hydrogen) atoms. The summed E-state index contributed by atoms with van der Waals surface area (Å²) in [4.78, 5) is 0. The third kappa shape index (κ3) is 4.33. The average molecular weight is 328 g/mol. The fourth-order valence-electron chi connectivity index (χ4n) is 1.41. The first-order valence-electron chi connectivity index (χ1n) is 5.56. The normalized spacial score (nSPS) is 12.1. The van der Waals surface area contributed by atoms with E-state index < -0.39 is 6.10 Å². The van der Waals surface area contributed by atoms with Crippen LogP contribution in [-0.2, 0) is 0 Å². The number of halogens is 1. The number of anilines is 1. The lowest BCUT2D eigenvalue weighted by Gasteiger charge is -2.13. The molecule has 96 valence electrons. The first-order valence-corrected chi connectivity index (χ1v) is 7.30. The summed E-state index contributed by atoms with van der Waals surface area (Å²) in [7, 11) is 0. The van der Waals surface area contributed by atoms with Gasteiger partial charge in [-0.25, -0.2) is 0 Å². The molecular weight excluding hydrogens is 314 g/mol. The van der Waals surface area contributed by atoms with Crippen LogP contribution in [0.15, 0.2) is 45.6 Å². The van der Waals surface area contributed by atoms with Crippen LogP contribution in [0, 0.1) is 0 Å². The molecule has 0 spiro atoms. The molecule has 0 amide bonds. The lowest BCUT2D eigenvalue weighted by Crippen LogP contribution is -2.26. The summed E-state index contributed by atoms with van der Waals surface area (Å²) < 4.78 is 6.46. The molecule has 1 unspecified atom stereocenters. The number of aliphatic hydroxyl groups is 1. The van der Waals surface area contributed by atoms with Crippen LogP contribution in [0.3, 0.4) is 0 Å². The second kappa shape index (κ2) is 6.78. The molecule has 0 saturated heterocycles. The van der Waals surface area contributed by atoms with Gasteiger partial charge in [-0.2, -0.15) is 11.3 Å². The zero-order valence-electron chi connectivity index (χ0n) is 9.67. The maximum absolute atomic E-state index is 9.78. The van der Waals surface area contributed by atoms with Crippen molar-refractivity contribution in [2.24, 2.45) is 0 Å². The van der Waals surface area contributed by atoms with Crippen LogP contribution in [0.1, 0.15) is 0 Å². The number of aliphatic hydroxyl groups excluding tert-OH is 1. The minimum Gasteiger partial charge on any atom is -0.491 e. The topological polar surface area (TPSA) is 41.5 Å². The summed E-state index contributed by atoms with van der Waals surface area (Å²) in [6, 6.07) is 9.55. The van der Waals surface area contributed by atoms with Gasteiger partial charge in [0, 0.05) is 22.1 Å². The van der Waals surface area contributed by atoms with E-state index in [0.29, 0.717) is 6.54 Å². The molecule has 0 radical (unpaired) electrons. The lowest BCUT2D eigenvalue weighted by atomic mass is 10.3. The minimum atomic E-state index is -0.538. The van der Waals surface area contributed by atoms with E-state index in [0.717, 1.165) is 15.9 Å². The maximum Gasteiger partial charge on any atom is 0.120 e. The van der Waals surface area contributed by atoms with Crippen LogP contribution in [0.4, 0.5) is 5.69 Å². The predicted molar refractivity (Wildman–Crippen MR) is 78.5 cm³/mol. The molecule has 2 aromatic rings. The van der Waals surface area contributed by atoms with Gasteiger partial charge in [-0.1, -0.05) is 22.0 Å². The van der Waals surface area contributed by atoms with Crippen LogP contribution >= 0.6 is 27.3 Å². The first kappa shape index (κ1) is 13.4. The molecule has 1 aromatic carbocycles. The van der Waals surface area contributed by atoms with E-state index >= 15 is 0 Å². The lowest BCUT2D eigenvalue weighted by molar-refractivity contribution is 0.117. The number of ether oxygens (including phenoxy) is 1. The van der Waals surface area contributed by atoms with Crippen LogP contribution in [0.2, 0.25) is 0 Å². The monoisotopic (exact) mass is 327 g/mol. The number of nitrogens with one attached hydrogen (secondary N) is 1. The quantitative estimate of drug-likeness (QED) is 0.854. The van der Waals surface area contributed by atoms with Gasteiger partial charge in [0.25, 0.3) is 0 Å². The maximum atomic E-state index is 9.78. The van der Waals surface area contributed by atoms with Crippen LogP contribution < -0.4 is 10.1 Å². The molecule has 0 fully saturated rings. The van der Waals surface area contributed by atoms with E-state index in [9.17, 15) is 5.11 Å². The summed E-state index contributed by atoms with van der Waals surface area (Å²) in [5.74, 6) is 0.749. The third-order valence-electron chi connectivity index (χ3n) is 2.30. The van der Waals surface area contributed by atoms with Crippen molar-refractivity contribution in [3.8, 4) is 5.75 Å². The van der Waals surface area contributed by atoms with Gasteiger partial charge in [0.05, 0.1) is 0 Å². The minimum absolute atomic E-state index is 0.271. The fourth-order valence-corrected chi connectivity index (χ4v) is 2.40. The number of benzene rings is 1. The third-order valence-corrected chi connectivity index (χ3v) is 3.48. The number of hydrogen-bond acceptors (Lipinski definition) is 4. The van der Waals surface area contributed by atoms with Crippen molar-refractivity contribution in [1.29, 1.82) is 0 Å². The van der Waals surface area contributed by atoms with E-state index in [1.54, 1.807) is 11.3 Å². The summed E-state index contributed by atoms with van der Waals surface area (Å²) in [5, 5.41) is 16.9. The molecule has 1 aromatic heterocycles. The number of hydrogen-bond donors (Lipinski definition) is 2. The van der Waals surface area contributed by atoms with Gasteiger partial charge in [-0.15, -0.1) is 0 Å². The van der Waals surface area contributed by atoms with Crippen molar-refractivity contribution in [1.82, 2.24) is 0 Å². The molecule has 3 nitrogen and oxygen atoms in total. The highest BCUT2D eigenvalue weighted by Gasteiger charge is 2.05.